The lowest BCUT2D eigenvalue weighted by Crippen LogP contribution is -2.15. The van der Waals surface area contributed by atoms with Gasteiger partial charge < -0.3 is 15.2 Å². The predicted octanol–water partition coefficient (Wildman–Crippen LogP) is 3.23. The molecule has 0 bridgehead atoms. The van der Waals surface area contributed by atoms with Gasteiger partial charge in [-0.05, 0) is 63.1 Å². The summed E-state index contributed by atoms with van der Waals surface area (Å²) in [6, 6.07) is 7.01. The van der Waals surface area contributed by atoms with Crippen LogP contribution in [0.5, 0.6) is 5.75 Å². The maximum absolute atomic E-state index is 12.4. The van der Waals surface area contributed by atoms with Gasteiger partial charge in [0.05, 0.1) is 24.1 Å². The Bertz CT molecular complexity index is 694. The molecule has 1 amide bonds. The third kappa shape index (κ3) is 4.07. The van der Waals surface area contributed by atoms with E-state index in [1.165, 1.54) is 0 Å². The van der Waals surface area contributed by atoms with Crippen molar-refractivity contribution in [2.45, 2.75) is 40.4 Å². The van der Waals surface area contributed by atoms with E-state index < -0.39 is 0 Å². The number of aryl methyl sites for hydroxylation is 1. The highest BCUT2D eigenvalue weighted by Crippen LogP contribution is 2.23. The van der Waals surface area contributed by atoms with E-state index in [-0.39, 0.29) is 18.6 Å². The summed E-state index contributed by atoms with van der Waals surface area (Å²) >= 11 is 0. The molecule has 5 nitrogen and oxygen atoms in total. The monoisotopic (exact) mass is 314 g/mol. The van der Waals surface area contributed by atoms with Crippen molar-refractivity contribution in [2.75, 3.05) is 5.32 Å². The maximum atomic E-state index is 12.4. The molecule has 0 saturated carbocycles. The molecule has 0 radical (unpaired) electrons. The molecule has 1 aromatic carbocycles. The molecule has 2 aromatic rings. The van der Waals surface area contributed by atoms with Crippen molar-refractivity contribution in [3.05, 3.63) is 52.8 Å². The lowest BCUT2D eigenvalue weighted by atomic mass is 10.1. The molecule has 2 rings (SSSR count). The number of nitrogens with zero attached hydrogens (tertiary/aromatic N) is 1. The number of aliphatic hydroxyl groups excluding tert-OH is 1. The van der Waals surface area contributed by atoms with Gasteiger partial charge in [-0.25, -0.2) is 0 Å². The Morgan fingerprint density at radius 3 is 2.48 bits per heavy atom. The number of hydrogen-bond acceptors (Lipinski definition) is 4. The summed E-state index contributed by atoms with van der Waals surface area (Å²) in [6.45, 7) is 7.45. The summed E-state index contributed by atoms with van der Waals surface area (Å²) in [5.74, 6) is 0.526. The fraction of sp³-hybridized carbons (Fsp3) is 0.333. The lowest BCUT2D eigenvalue weighted by molar-refractivity contribution is 0.102. The highest BCUT2D eigenvalue weighted by atomic mass is 16.5. The lowest BCUT2D eigenvalue weighted by Gasteiger charge is -2.14. The van der Waals surface area contributed by atoms with Crippen molar-refractivity contribution in [3.63, 3.8) is 0 Å². The van der Waals surface area contributed by atoms with E-state index >= 15 is 0 Å². The zero-order chi connectivity index (χ0) is 17.0. The molecule has 0 unspecified atom stereocenters. The highest BCUT2D eigenvalue weighted by molar-refractivity contribution is 6.05. The summed E-state index contributed by atoms with van der Waals surface area (Å²) in [6.07, 6.45) is 1.74. The van der Waals surface area contributed by atoms with Gasteiger partial charge in [-0.3, -0.25) is 9.78 Å². The second-order valence-electron chi connectivity index (χ2n) is 5.69. The van der Waals surface area contributed by atoms with Gasteiger partial charge in [-0.2, -0.15) is 0 Å². The van der Waals surface area contributed by atoms with Gasteiger partial charge in [-0.1, -0.05) is 0 Å². The minimum absolute atomic E-state index is 0.0914. The van der Waals surface area contributed by atoms with Crippen LogP contribution in [0.1, 0.15) is 41.0 Å². The van der Waals surface area contributed by atoms with Crippen LogP contribution >= 0.6 is 0 Å². The molecule has 0 atom stereocenters. The normalized spacial score (nSPS) is 10.7. The van der Waals surface area contributed by atoms with Crippen LogP contribution in [0.3, 0.4) is 0 Å². The number of nitrogens with one attached hydrogen (secondary N) is 1. The number of aliphatic hydroxyl groups is 1. The summed E-state index contributed by atoms with van der Waals surface area (Å²) in [4.78, 5) is 16.6. The topological polar surface area (TPSA) is 71.5 Å². The van der Waals surface area contributed by atoms with Crippen molar-refractivity contribution in [1.29, 1.82) is 0 Å². The van der Waals surface area contributed by atoms with Crippen LogP contribution in [0.2, 0.25) is 0 Å². The van der Waals surface area contributed by atoms with Crippen molar-refractivity contribution >= 4 is 11.6 Å². The van der Waals surface area contributed by atoms with Crippen molar-refractivity contribution in [3.8, 4) is 5.75 Å². The fourth-order valence-corrected chi connectivity index (χ4v) is 2.27. The molecule has 0 aliphatic rings. The van der Waals surface area contributed by atoms with Gasteiger partial charge in [0.25, 0.3) is 5.91 Å². The SMILES string of the molecule is Cc1cnc(CO)c(C)c1NC(=O)c1ccc(OC(C)C)cc1. The van der Waals surface area contributed by atoms with Crippen molar-refractivity contribution < 1.29 is 14.6 Å². The quantitative estimate of drug-likeness (QED) is 0.889. The molecular weight excluding hydrogens is 292 g/mol. The average molecular weight is 314 g/mol. The van der Waals surface area contributed by atoms with Crippen molar-refractivity contribution in [2.24, 2.45) is 0 Å². The Hall–Kier alpha value is -2.40. The van der Waals surface area contributed by atoms with Gasteiger partial charge in [-0.15, -0.1) is 0 Å². The number of pyridine rings is 1. The van der Waals surface area contributed by atoms with Crippen molar-refractivity contribution in [1.82, 2.24) is 4.98 Å². The predicted molar refractivity (Wildman–Crippen MR) is 89.8 cm³/mol. The molecule has 23 heavy (non-hydrogen) atoms. The average Bonchev–Trinajstić information content (AvgIpc) is 2.51. The van der Waals surface area contributed by atoms with Crippen LogP contribution in [-0.2, 0) is 6.61 Å². The number of anilines is 1. The largest absolute Gasteiger partial charge is 0.491 e. The molecule has 0 spiro atoms. The zero-order valence-corrected chi connectivity index (χ0v) is 13.9. The number of rotatable bonds is 5. The van der Waals surface area contributed by atoms with Crippen LogP contribution in [0.15, 0.2) is 30.5 Å². The molecule has 5 heteroatoms. The van der Waals surface area contributed by atoms with Gasteiger partial charge in [0, 0.05) is 11.8 Å². The Kier molecular flexibility index (Phi) is 5.34. The Morgan fingerprint density at radius 2 is 1.91 bits per heavy atom. The van der Waals surface area contributed by atoms with Crippen LogP contribution in [0, 0.1) is 13.8 Å². The number of ether oxygens (including phenoxy) is 1. The molecule has 0 saturated heterocycles. The first-order valence-corrected chi connectivity index (χ1v) is 7.56. The van der Waals surface area contributed by atoms with Crippen LogP contribution in [0.25, 0.3) is 0 Å². The molecule has 0 aliphatic heterocycles. The molecule has 1 heterocycles. The molecule has 0 aliphatic carbocycles. The van der Waals surface area contributed by atoms with E-state index in [0.717, 1.165) is 16.9 Å². The van der Waals surface area contributed by atoms with Gasteiger partial charge in [0.15, 0.2) is 0 Å². The Balaban J connectivity index is 2.19. The maximum Gasteiger partial charge on any atom is 0.255 e. The minimum Gasteiger partial charge on any atom is -0.491 e. The second kappa shape index (κ2) is 7.24. The van der Waals surface area contributed by atoms with Crippen LogP contribution < -0.4 is 10.1 Å². The second-order valence-corrected chi connectivity index (χ2v) is 5.69. The smallest absolute Gasteiger partial charge is 0.255 e. The first-order chi connectivity index (χ1) is 10.9. The van der Waals surface area contributed by atoms with Crippen LogP contribution in [-0.4, -0.2) is 22.1 Å². The number of carbonyl (C=O) groups excluding carboxylic acids is 1. The standard InChI is InChI=1S/C18H22N2O3/c1-11(2)23-15-7-5-14(6-8-15)18(22)20-17-12(3)9-19-16(10-21)13(17)4/h5-9,11,21H,10H2,1-4H3,(H,19,20,22). The summed E-state index contributed by atoms with van der Waals surface area (Å²) < 4.78 is 5.57. The summed E-state index contributed by atoms with van der Waals surface area (Å²) in [7, 11) is 0. The number of benzene rings is 1. The molecule has 0 fully saturated rings. The summed E-state index contributed by atoms with van der Waals surface area (Å²) in [5, 5.41) is 12.2. The van der Waals surface area contributed by atoms with Gasteiger partial charge >= 0.3 is 0 Å². The summed E-state index contributed by atoms with van der Waals surface area (Å²) in [5.41, 5.74) is 3.43. The van der Waals surface area contributed by atoms with E-state index in [9.17, 15) is 9.90 Å². The molecular formula is C18H22N2O3. The van der Waals surface area contributed by atoms with E-state index in [1.807, 2.05) is 27.7 Å². The Labute approximate surface area is 136 Å². The molecule has 122 valence electrons. The number of amides is 1. The first kappa shape index (κ1) is 17.0. The van der Waals surface area contributed by atoms with Gasteiger partial charge in [0.1, 0.15) is 5.75 Å². The zero-order valence-electron chi connectivity index (χ0n) is 13.9. The first-order valence-electron chi connectivity index (χ1n) is 7.56. The third-order valence-corrected chi connectivity index (χ3v) is 3.49. The Morgan fingerprint density at radius 1 is 1.26 bits per heavy atom. The van der Waals surface area contributed by atoms with E-state index in [0.29, 0.717) is 16.9 Å². The molecule has 2 N–H and O–H groups in total. The molecule has 1 aromatic heterocycles. The van der Waals surface area contributed by atoms with Crippen LogP contribution in [0.4, 0.5) is 5.69 Å². The highest BCUT2D eigenvalue weighted by Gasteiger charge is 2.13. The van der Waals surface area contributed by atoms with E-state index in [2.05, 4.69) is 10.3 Å². The third-order valence-electron chi connectivity index (χ3n) is 3.49. The number of carbonyl (C=O) groups is 1. The number of aromatic nitrogens is 1. The van der Waals surface area contributed by atoms with E-state index in [1.54, 1.807) is 30.5 Å². The minimum atomic E-state index is -0.206. The fourth-order valence-electron chi connectivity index (χ4n) is 2.27. The van der Waals surface area contributed by atoms with E-state index in [4.69, 9.17) is 4.74 Å². The number of hydrogen-bond donors (Lipinski definition) is 2. The van der Waals surface area contributed by atoms with Gasteiger partial charge in [0.2, 0.25) is 0 Å².